The van der Waals surface area contributed by atoms with Crippen molar-refractivity contribution < 1.29 is 28.4 Å². The summed E-state index contributed by atoms with van der Waals surface area (Å²) in [5, 5.41) is 18.1. The van der Waals surface area contributed by atoms with E-state index < -0.39 is 30.5 Å². The smallest absolute Gasteiger partial charge is 0.423 e. The Balaban J connectivity index is 2.33. The van der Waals surface area contributed by atoms with Crippen LogP contribution in [-0.2, 0) is 0 Å². The van der Waals surface area contributed by atoms with Gasteiger partial charge in [0.1, 0.15) is 0 Å². The molecule has 0 spiro atoms. The molecular formula is C13H10BF2NO4. The maximum absolute atomic E-state index is 13.4. The van der Waals surface area contributed by atoms with Crippen molar-refractivity contribution in [2.24, 2.45) is 0 Å². The van der Waals surface area contributed by atoms with Crippen LogP contribution in [0.1, 0.15) is 10.4 Å². The summed E-state index contributed by atoms with van der Waals surface area (Å²) in [4.78, 5) is 11.9. The first kappa shape index (κ1) is 15.0. The van der Waals surface area contributed by atoms with Crippen molar-refractivity contribution in [3.63, 3.8) is 0 Å². The number of rotatable bonds is 3. The van der Waals surface area contributed by atoms with E-state index in [1.165, 1.54) is 12.1 Å². The summed E-state index contributed by atoms with van der Waals surface area (Å²) in [6, 6.07) is 6.53. The van der Waals surface area contributed by atoms with Gasteiger partial charge in [-0.05, 0) is 35.8 Å². The third-order valence-electron chi connectivity index (χ3n) is 2.63. The molecular weight excluding hydrogens is 283 g/mol. The fraction of sp³-hybridized carbons (Fsp3) is 0. The quantitative estimate of drug-likeness (QED) is 0.330. The first-order valence-corrected chi connectivity index (χ1v) is 5.81. The van der Waals surface area contributed by atoms with Crippen LogP contribution in [-0.4, -0.2) is 23.1 Å². The molecule has 0 heterocycles. The van der Waals surface area contributed by atoms with Crippen LogP contribution in [0.25, 0.3) is 0 Å². The predicted octanol–water partition coefficient (Wildman–Crippen LogP) is 0.446. The molecule has 0 aliphatic carbocycles. The molecule has 0 unspecified atom stereocenters. The number of benzene rings is 2. The van der Waals surface area contributed by atoms with E-state index in [0.717, 1.165) is 24.3 Å². The number of hydrogen-bond acceptors (Lipinski definition) is 5. The Morgan fingerprint density at radius 3 is 2.33 bits per heavy atom. The number of esters is 1. The molecule has 0 atom stereocenters. The number of nitrogen functional groups attached to an aromatic ring is 1. The zero-order valence-electron chi connectivity index (χ0n) is 10.6. The summed E-state index contributed by atoms with van der Waals surface area (Å²) in [7, 11) is -1.84. The van der Waals surface area contributed by atoms with Crippen molar-refractivity contribution in [3.8, 4) is 5.75 Å². The van der Waals surface area contributed by atoms with E-state index in [0.29, 0.717) is 0 Å². The summed E-state index contributed by atoms with van der Waals surface area (Å²) in [6.07, 6.45) is 0. The van der Waals surface area contributed by atoms with Crippen molar-refractivity contribution in [1.29, 1.82) is 0 Å². The van der Waals surface area contributed by atoms with Crippen LogP contribution in [0, 0.1) is 11.6 Å². The molecule has 0 bridgehead atoms. The third kappa shape index (κ3) is 3.36. The van der Waals surface area contributed by atoms with Gasteiger partial charge in [0.15, 0.2) is 11.6 Å². The number of hydrogen-bond donors (Lipinski definition) is 3. The molecule has 0 saturated carbocycles. The van der Waals surface area contributed by atoms with Gasteiger partial charge in [-0.15, -0.1) is 0 Å². The number of nitrogens with two attached hydrogens (primary N) is 1. The van der Waals surface area contributed by atoms with E-state index in [1.54, 1.807) is 0 Å². The van der Waals surface area contributed by atoms with Crippen molar-refractivity contribution in [2.75, 3.05) is 5.73 Å². The molecule has 0 fully saturated rings. The molecule has 0 aliphatic rings. The number of para-hydroxylation sites is 1. The zero-order valence-corrected chi connectivity index (χ0v) is 10.6. The molecule has 4 N–H and O–H groups in total. The Bertz CT molecular complexity index is 674. The lowest BCUT2D eigenvalue weighted by atomic mass is 9.79. The highest BCUT2D eigenvalue weighted by molar-refractivity contribution is 6.58. The van der Waals surface area contributed by atoms with Gasteiger partial charge in [0.25, 0.3) is 0 Å². The maximum atomic E-state index is 13.4. The molecule has 2 aromatic rings. The Kier molecular flexibility index (Phi) is 4.20. The fourth-order valence-corrected chi connectivity index (χ4v) is 1.68. The molecule has 8 heteroatoms. The van der Waals surface area contributed by atoms with Gasteiger partial charge >= 0.3 is 13.1 Å². The van der Waals surface area contributed by atoms with E-state index in [-0.39, 0.29) is 16.7 Å². The van der Waals surface area contributed by atoms with Gasteiger partial charge in [-0.1, -0.05) is 6.07 Å². The lowest BCUT2D eigenvalue weighted by Crippen LogP contribution is -2.31. The first-order valence-electron chi connectivity index (χ1n) is 5.81. The number of ether oxygens (including phenoxy) is 1. The second-order valence-corrected chi connectivity index (χ2v) is 4.20. The molecule has 2 aromatic carbocycles. The van der Waals surface area contributed by atoms with Gasteiger partial charge in [-0.25, -0.2) is 13.6 Å². The van der Waals surface area contributed by atoms with Crippen molar-refractivity contribution >= 4 is 24.2 Å². The highest BCUT2D eigenvalue weighted by Gasteiger charge is 2.19. The van der Waals surface area contributed by atoms with E-state index in [4.69, 9.17) is 15.8 Å². The number of halogens is 2. The van der Waals surface area contributed by atoms with Crippen molar-refractivity contribution in [1.82, 2.24) is 0 Å². The normalized spacial score (nSPS) is 10.3. The molecule has 0 radical (unpaired) electrons. The number of carbonyl (C=O) groups excluding carboxylic acids is 1. The van der Waals surface area contributed by atoms with Crippen molar-refractivity contribution in [2.45, 2.75) is 0 Å². The molecule has 0 saturated heterocycles. The SMILES string of the molecule is Nc1cc(B(O)O)cc(C(=O)Oc2c(F)cccc2F)c1. The van der Waals surface area contributed by atoms with Crippen LogP contribution < -0.4 is 15.9 Å². The average molecular weight is 293 g/mol. The monoisotopic (exact) mass is 293 g/mol. The molecule has 0 aliphatic heterocycles. The van der Waals surface area contributed by atoms with Gasteiger partial charge < -0.3 is 20.5 Å². The number of anilines is 1. The Morgan fingerprint density at radius 2 is 1.76 bits per heavy atom. The van der Waals surface area contributed by atoms with Gasteiger partial charge in [0, 0.05) is 5.69 Å². The summed E-state index contributed by atoms with van der Waals surface area (Å²) in [6.45, 7) is 0. The summed E-state index contributed by atoms with van der Waals surface area (Å²) < 4.78 is 31.4. The lowest BCUT2D eigenvalue weighted by molar-refractivity contribution is 0.0720. The molecule has 108 valence electrons. The number of carbonyl (C=O) groups is 1. The van der Waals surface area contributed by atoms with Crippen LogP contribution in [0.4, 0.5) is 14.5 Å². The third-order valence-corrected chi connectivity index (χ3v) is 2.63. The fourth-order valence-electron chi connectivity index (χ4n) is 1.68. The van der Waals surface area contributed by atoms with Crippen LogP contribution in [0.5, 0.6) is 5.75 Å². The minimum atomic E-state index is -1.84. The van der Waals surface area contributed by atoms with E-state index in [2.05, 4.69) is 4.74 Å². The molecule has 21 heavy (non-hydrogen) atoms. The molecule has 0 aromatic heterocycles. The summed E-state index contributed by atoms with van der Waals surface area (Å²) in [5.74, 6) is -3.98. The van der Waals surface area contributed by atoms with E-state index >= 15 is 0 Å². The van der Waals surface area contributed by atoms with Crippen molar-refractivity contribution in [3.05, 3.63) is 53.6 Å². The van der Waals surface area contributed by atoms with Gasteiger partial charge in [0.05, 0.1) is 5.56 Å². The second kappa shape index (κ2) is 5.90. The average Bonchev–Trinajstić information content (AvgIpc) is 2.42. The summed E-state index contributed by atoms with van der Waals surface area (Å²) in [5.41, 5.74) is 5.37. The van der Waals surface area contributed by atoms with Crippen LogP contribution in [0.3, 0.4) is 0 Å². The van der Waals surface area contributed by atoms with Gasteiger partial charge in [-0.2, -0.15) is 0 Å². The topological polar surface area (TPSA) is 92.8 Å². The minimum absolute atomic E-state index is 0.0454. The van der Waals surface area contributed by atoms with E-state index in [1.807, 2.05) is 0 Å². The van der Waals surface area contributed by atoms with E-state index in [9.17, 15) is 13.6 Å². The minimum Gasteiger partial charge on any atom is -0.423 e. The molecule has 2 rings (SSSR count). The van der Waals surface area contributed by atoms with Gasteiger partial charge in [0.2, 0.25) is 5.75 Å². The Labute approximate surface area is 118 Å². The van der Waals surface area contributed by atoms with Gasteiger partial charge in [-0.3, -0.25) is 0 Å². The zero-order chi connectivity index (χ0) is 15.6. The largest absolute Gasteiger partial charge is 0.488 e. The maximum Gasteiger partial charge on any atom is 0.488 e. The predicted molar refractivity (Wildman–Crippen MR) is 72.0 cm³/mol. The first-order chi connectivity index (χ1) is 9.88. The van der Waals surface area contributed by atoms with Crippen LogP contribution >= 0.6 is 0 Å². The Hall–Kier alpha value is -2.45. The molecule has 0 amide bonds. The summed E-state index contributed by atoms with van der Waals surface area (Å²) >= 11 is 0. The Morgan fingerprint density at radius 1 is 1.14 bits per heavy atom. The second-order valence-electron chi connectivity index (χ2n) is 4.20. The van der Waals surface area contributed by atoms with Crippen LogP contribution in [0.2, 0.25) is 0 Å². The highest BCUT2D eigenvalue weighted by Crippen LogP contribution is 2.22. The standard InChI is InChI=1S/C13H10BF2NO4/c15-10-2-1-3-11(16)12(10)21-13(18)7-4-8(14(19)20)6-9(17)5-7/h1-6,19-20H,17H2. The molecule has 5 nitrogen and oxygen atoms in total. The van der Waals surface area contributed by atoms with Crippen LogP contribution in [0.15, 0.2) is 36.4 Å². The lowest BCUT2D eigenvalue weighted by Gasteiger charge is -2.08. The highest BCUT2D eigenvalue weighted by atomic mass is 19.1.